The second-order valence-corrected chi connectivity index (χ2v) is 5.02. The normalized spacial score (nSPS) is 11.9. The van der Waals surface area contributed by atoms with Crippen LogP contribution in [-0.4, -0.2) is 21.9 Å². The fourth-order valence-electron chi connectivity index (χ4n) is 1.93. The van der Waals surface area contributed by atoms with E-state index in [1.807, 2.05) is 26.8 Å². The molecule has 7 nitrogen and oxygen atoms in total. The third-order valence-electron chi connectivity index (χ3n) is 3.17. The highest BCUT2D eigenvalue weighted by Crippen LogP contribution is 2.11. The van der Waals surface area contributed by atoms with Gasteiger partial charge in [0.1, 0.15) is 17.3 Å². The van der Waals surface area contributed by atoms with Gasteiger partial charge in [0.25, 0.3) is 5.91 Å². The number of pyridine rings is 1. The van der Waals surface area contributed by atoms with Crippen molar-refractivity contribution < 1.29 is 9.32 Å². The number of carbonyl (C=O) groups is 1. The molecule has 0 aliphatic heterocycles. The van der Waals surface area contributed by atoms with Gasteiger partial charge in [0, 0.05) is 24.0 Å². The molecule has 120 valence electrons. The van der Waals surface area contributed by atoms with Gasteiger partial charge in [0.2, 0.25) is 0 Å². The van der Waals surface area contributed by atoms with Gasteiger partial charge in [-0.05, 0) is 39.0 Å². The maximum absolute atomic E-state index is 11.9. The van der Waals surface area contributed by atoms with Gasteiger partial charge >= 0.3 is 0 Å². The predicted molar refractivity (Wildman–Crippen MR) is 86.9 cm³/mol. The molecule has 0 atom stereocenters. The van der Waals surface area contributed by atoms with Gasteiger partial charge in [-0.2, -0.15) is 4.99 Å². The zero-order valence-corrected chi connectivity index (χ0v) is 13.3. The molecule has 0 aliphatic rings. The summed E-state index contributed by atoms with van der Waals surface area (Å²) in [6.07, 6.45) is 3.15. The van der Waals surface area contributed by atoms with Gasteiger partial charge in [0.15, 0.2) is 0 Å². The number of nitrogens with one attached hydrogen (secondary N) is 1. The number of nitrogens with zero attached hydrogens (tertiary/aromatic N) is 3. The van der Waals surface area contributed by atoms with Gasteiger partial charge in [-0.1, -0.05) is 11.2 Å². The number of carbonyl (C=O) groups excluding carboxylic acids is 1. The van der Waals surface area contributed by atoms with E-state index in [1.165, 1.54) is 6.08 Å². The quantitative estimate of drug-likeness (QED) is 0.644. The molecule has 3 N–H and O–H groups in total. The van der Waals surface area contributed by atoms with Crippen LogP contribution in [0.2, 0.25) is 0 Å². The molecule has 0 fully saturated rings. The highest BCUT2D eigenvalue weighted by molar-refractivity contribution is 6.05. The largest absolute Gasteiger partial charge is 0.386 e. The zero-order valence-electron chi connectivity index (χ0n) is 13.3. The molecular weight excluding hydrogens is 294 g/mol. The number of hydrogen-bond donors (Lipinski definition) is 2. The Hall–Kier alpha value is -2.96. The molecule has 23 heavy (non-hydrogen) atoms. The van der Waals surface area contributed by atoms with E-state index < -0.39 is 5.91 Å². The lowest BCUT2D eigenvalue weighted by molar-refractivity contribution is 0.0998. The van der Waals surface area contributed by atoms with E-state index in [0.717, 1.165) is 22.7 Å². The van der Waals surface area contributed by atoms with Crippen molar-refractivity contribution in [2.75, 3.05) is 0 Å². The van der Waals surface area contributed by atoms with E-state index in [0.29, 0.717) is 6.54 Å². The molecule has 0 aliphatic carbocycles. The first-order chi connectivity index (χ1) is 11.0. The number of aryl methyl sites for hydroxylation is 3. The number of amidine groups is 1. The van der Waals surface area contributed by atoms with Crippen LogP contribution in [0, 0.1) is 20.8 Å². The molecule has 0 spiro atoms. The Morgan fingerprint density at radius 2 is 2.17 bits per heavy atom. The van der Waals surface area contributed by atoms with E-state index in [-0.39, 0.29) is 11.5 Å². The average Bonchev–Trinajstić information content (AvgIpc) is 2.83. The second kappa shape index (κ2) is 7.35. The smallest absolute Gasteiger partial charge is 0.297 e. The first-order valence-corrected chi connectivity index (χ1v) is 7.11. The van der Waals surface area contributed by atoms with Crippen LogP contribution in [0.25, 0.3) is 0 Å². The molecule has 0 radical (unpaired) electrons. The van der Waals surface area contributed by atoms with Crippen LogP contribution in [0.3, 0.4) is 0 Å². The van der Waals surface area contributed by atoms with E-state index in [1.54, 1.807) is 18.3 Å². The van der Waals surface area contributed by atoms with Crippen molar-refractivity contribution >= 4 is 11.7 Å². The second-order valence-electron chi connectivity index (χ2n) is 5.02. The van der Waals surface area contributed by atoms with Crippen LogP contribution in [0.5, 0.6) is 0 Å². The van der Waals surface area contributed by atoms with E-state index in [9.17, 15) is 4.79 Å². The summed E-state index contributed by atoms with van der Waals surface area (Å²) >= 11 is 0. The van der Waals surface area contributed by atoms with E-state index in [2.05, 4.69) is 20.4 Å². The fourth-order valence-corrected chi connectivity index (χ4v) is 1.93. The summed E-state index contributed by atoms with van der Waals surface area (Å²) in [4.78, 5) is 19.8. The summed E-state index contributed by atoms with van der Waals surface area (Å²) in [6, 6.07) is 5.16. The number of nitrogens with two attached hydrogens (primary N) is 1. The maximum Gasteiger partial charge on any atom is 0.297 e. The van der Waals surface area contributed by atoms with Crippen LogP contribution < -0.4 is 11.1 Å². The average molecular weight is 313 g/mol. The minimum atomic E-state index is -0.471. The summed E-state index contributed by atoms with van der Waals surface area (Å²) in [6.45, 7) is 6.09. The van der Waals surface area contributed by atoms with Crippen molar-refractivity contribution in [2.24, 2.45) is 10.7 Å². The van der Waals surface area contributed by atoms with Crippen molar-refractivity contribution in [3.05, 3.63) is 58.9 Å². The standard InChI is InChI=1S/C16H19N5O2/c1-10-5-4-6-14(19-10)16(22)20-15(17)7-8-18-9-13-11(2)21-23-12(13)3/h4-8,18H,9H2,1-3H3,(H2,17,20,22)/b8-7-. The van der Waals surface area contributed by atoms with Crippen LogP contribution in [0.15, 0.2) is 40.0 Å². The van der Waals surface area contributed by atoms with Crippen LogP contribution in [-0.2, 0) is 6.54 Å². The summed E-state index contributed by atoms with van der Waals surface area (Å²) in [5.41, 5.74) is 8.56. The SMILES string of the molecule is Cc1cccc(C(=O)N=C(N)/C=C\NCc2c(C)noc2C)n1. The Balaban J connectivity index is 1.93. The lowest BCUT2D eigenvalue weighted by atomic mass is 10.2. The van der Waals surface area contributed by atoms with Gasteiger partial charge in [0.05, 0.1) is 5.69 Å². The first-order valence-electron chi connectivity index (χ1n) is 7.11. The number of amides is 1. The van der Waals surface area contributed by atoms with E-state index >= 15 is 0 Å². The molecule has 0 bridgehead atoms. The van der Waals surface area contributed by atoms with Crippen molar-refractivity contribution in [3.63, 3.8) is 0 Å². The van der Waals surface area contributed by atoms with Crippen LogP contribution >= 0.6 is 0 Å². The summed E-state index contributed by atoms with van der Waals surface area (Å²) < 4.78 is 5.07. The lowest BCUT2D eigenvalue weighted by Crippen LogP contribution is -2.14. The third-order valence-corrected chi connectivity index (χ3v) is 3.17. The highest BCUT2D eigenvalue weighted by Gasteiger charge is 2.07. The molecule has 0 aromatic carbocycles. The van der Waals surface area contributed by atoms with Crippen LogP contribution in [0.1, 0.15) is 33.2 Å². The van der Waals surface area contributed by atoms with Gasteiger partial charge < -0.3 is 15.6 Å². The number of hydrogen-bond acceptors (Lipinski definition) is 5. The Morgan fingerprint density at radius 3 is 2.83 bits per heavy atom. The molecule has 7 heteroatoms. The van der Waals surface area contributed by atoms with Crippen molar-refractivity contribution in [3.8, 4) is 0 Å². The Kier molecular flexibility index (Phi) is 5.24. The first kappa shape index (κ1) is 16.4. The maximum atomic E-state index is 11.9. The molecule has 2 rings (SSSR count). The number of aromatic nitrogens is 2. The van der Waals surface area contributed by atoms with Crippen LogP contribution in [0.4, 0.5) is 0 Å². The molecule has 0 saturated carbocycles. The minimum absolute atomic E-state index is 0.101. The summed E-state index contributed by atoms with van der Waals surface area (Å²) in [5.74, 6) is 0.400. The predicted octanol–water partition coefficient (Wildman–Crippen LogP) is 1.80. The molecule has 1 amide bonds. The number of aliphatic imine (C=N–C) groups is 1. The number of rotatable bonds is 5. The Bertz CT molecular complexity index is 742. The monoisotopic (exact) mass is 313 g/mol. The molecule has 2 heterocycles. The minimum Gasteiger partial charge on any atom is -0.386 e. The summed E-state index contributed by atoms with van der Waals surface area (Å²) in [5, 5.41) is 6.93. The van der Waals surface area contributed by atoms with Gasteiger partial charge in [-0.25, -0.2) is 4.98 Å². The lowest BCUT2D eigenvalue weighted by Gasteiger charge is -2.00. The topological polar surface area (TPSA) is 106 Å². The van der Waals surface area contributed by atoms with Crippen molar-refractivity contribution in [1.29, 1.82) is 0 Å². The Labute approximate surface area is 134 Å². The molecule has 0 saturated heterocycles. The molecule has 2 aromatic heterocycles. The molecule has 2 aromatic rings. The van der Waals surface area contributed by atoms with Crippen molar-refractivity contribution in [1.82, 2.24) is 15.5 Å². The fraction of sp³-hybridized carbons (Fsp3) is 0.250. The van der Waals surface area contributed by atoms with Crippen molar-refractivity contribution in [2.45, 2.75) is 27.3 Å². The zero-order chi connectivity index (χ0) is 16.8. The van der Waals surface area contributed by atoms with Gasteiger partial charge in [-0.15, -0.1) is 0 Å². The molecule has 0 unspecified atom stereocenters. The highest BCUT2D eigenvalue weighted by atomic mass is 16.5. The van der Waals surface area contributed by atoms with Gasteiger partial charge in [-0.3, -0.25) is 4.79 Å². The molecular formula is C16H19N5O2. The van der Waals surface area contributed by atoms with E-state index in [4.69, 9.17) is 10.3 Å². The summed E-state index contributed by atoms with van der Waals surface area (Å²) in [7, 11) is 0. The Morgan fingerprint density at radius 1 is 1.39 bits per heavy atom. The third kappa shape index (κ3) is 4.50.